The van der Waals surface area contributed by atoms with Crippen molar-refractivity contribution in [3.63, 3.8) is 0 Å². The molecule has 2 aromatic heterocycles. The lowest BCUT2D eigenvalue weighted by Gasteiger charge is -2.14. The Balaban J connectivity index is 2.02. The summed E-state index contributed by atoms with van der Waals surface area (Å²) in [5.41, 5.74) is 1.20. The summed E-state index contributed by atoms with van der Waals surface area (Å²) in [4.78, 5) is 4.33. The standard InChI is InChI=1S/C13H19N3O/c1-10-6-9-17-13(10)11(14-2)4-5-12-15-7-8-16(12)3/h6-9,11,14H,4-5H2,1-3H3. The zero-order valence-corrected chi connectivity index (χ0v) is 10.6. The van der Waals surface area contributed by atoms with Crippen LogP contribution in [0.4, 0.5) is 0 Å². The van der Waals surface area contributed by atoms with E-state index >= 15 is 0 Å². The maximum absolute atomic E-state index is 5.53. The highest BCUT2D eigenvalue weighted by Gasteiger charge is 2.15. The van der Waals surface area contributed by atoms with Crippen LogP contribution in [-0.4, -0.2) is 16.6 Å². The molecule has 4 nitrogen and oxygen atoms in total. The van der Waals surface area contributed by atoms with Crippen molar-refractivity contribution in [2.75, 3.05) is 7.05 Å². The van der Waals surface area contributed by atoms with E-state index in [1.54, 1.807) is 6.26 Å². The fourth-order valence-electron chi connectivity index (χ4n) is 2.06. The molecule has 17 heavy (non-hydrogen) atoms. The third-order valence-corrected chi connectivity index (χ3v) is 3.14. The van der Waals surface area contributed by atoms with Crippen LogP contribution < -0.4 is 5.32 Å². The molecule has 1 atom stereocenters. The number of nitrogens with one attached hydrogen (secondary N) is 1. The Hall–Kier alpha value is -1.55. The zero-order valence-electron chi connectivity index (χ0n) is 10.6. The first-order chi connectivity index (χ1) is 8.22. The molecule has 0 saturated carbocycles. The van der Waals surface area contributed by atoms with Crippen molar-refractivity contribution in [3.8, 4) is 0 Å². The largest absolute Gasteiger partial charge is 0.467 e. The van der Waals surface area contributed by atoms with Crippen molar-refractivity contribution in [2.24, 2.45) is 7.05 Å². The minimum atomic E-state index is 0.252. The van der Waals surface area contributed by atoms with Gasteiger partial charge in [-0.25, -0.2) is 4.98 Å². The van der Waals surface area contributed by atoms with Gasteiger partial charge in [0.05, 0.1) is 12.3 Å². The molecule has 0 aliphatic carbocycles. The molecule has 4 heteroatoms. The average molecular weight is 233 g/mol. The summed E-state index contributed by atoms with van der Waals surface area (Å²) < 4.78 is 7.59. The maximum Gasteiger partial charge on any atom is 0.123 e. The van der Waals surface area contributed by atoms with Gasteiger partial charge in [-0.2, -0.15) is 0 Å². The zero-order chi connectivity index (χ0) is 12.3. The maximum atomic E-state index is 5.53. The van der Waals surface area contributed by atoms with Crippen LogP contribution in [0.15, 0.2) is 29.1 Å². The molecule has 0 spiro atoms. The van der Waals surface area contributed by atoms with Crippen LogP contribution in [0, 0.1) is 6.92 Å². The summed E-state index contributed by atoms with van der Waals surface area (Å²) in [5.74, 6) is 2.14. The first kappa shape index (κ1) is 11.9. The van der Waals surface area contributed by atoms with E-state index in [4.69, 9.17) is 4.42 Å². The predicted molar refractivity (Wildman–Crippen MR) is 66.8 cm³/mol. The van der Waals surface area contributed by atoms with E-state index in [0.717, 1.165) is 24.4 Å². The summed E-state index contributed by atoms with van der Waals surface area (Å²) in [5, 5.41) is 3.30. The topological polar surface area (TPSA) is 43.0 Å². The first-order valence-electron chi connectivity index (χ1n) is 5.90. The second-order valence-corrected chi connectivity index (χ2v) is 4.30. The van der Waals surface area contributed by atoms with Crippen LogP contribution in [0.1, 0.15) is 29.6 Å². The smallest absolute Gasteiger partial charge is 0.123 e. The summed E-state index contributed by atoms with van der Waals surface area (Å²) >= 11 is 0. The van der Waals surface area contributed by atoms with E-state index in [9.17, 15) is 0 Å². The van der Waals surface area contributed by atoms with Crippen LogP contribution in [0.3, 0.4) is 0 Å². The molecule has 1 N–H and O–H groups in total. The highest BCUT2D eigenvalue weighted by Crippen LogP contribution is 2.22. The van der Waals surface area contributed by atoms with E-state index in [1.807, 2.05) is 32.6 Å². The summed E-state index contributed by atoms with van der Waals surface area (Å²) in [7, 11) is 3.99. The van der Waals surface area contributed by atoms with E-state index < -0.39 is 0 Å². The second kappa shape index (κ2) is 5.19. The van der Waals surface area contributed by atoms with Gasteiger partial charge in [0.15, 0.2) is 0 Å². The lowest BCUT2D eigenvalue weighted by atomic mass is 10.1. The number of nitrogens with zero attached hydrogens (tertiary/aromatic N) is 2. The molecule has 0 aromatic carbocycles. The van der Waals surface area contributed by atoms with Gasteiger partial charge >= 0.3 is 0 Å². The average Bonchev–Trinajstić information content (AvgIpc) is 2.90. The molecule has 1 unspecified atom stereocenters. The Bertz CT molecular complexity index is 472. The number of rotatable bonds is 5. The second-order valence-electron chi connectivity index (χ2n) is 4.30. The van der Waals surface area contributed by atoms with Crippen molar-refractivity contribution in [2.45, 2.75) is 25.8 Å². The number of hydrogen-bond donors (Lipinski definition) is 1. The normalized spacial score (nSPS) is 12.9. The third kappa shape index (κ3) is 2.58. The molecule has 0 saturated heterocycles. The minimum absolute atomic E-state index is 0.252. The number of furan rings is 1. The molecule has 0 bridgehead atoms. The van der Waals surface area contributed by atoms with Crippen LogP contribution in [0.5, 0.6) is 0 Å². The lowest BCUT2D eigenvalue weighted by Crippen LogP contribution is -2.18. The highest BCUT2D eigenvalue weighted by atomic mass is 16.3. The molecule has 0 aliphatic rings. The fourth-order valence-corrected chi connectivity index (χ4v) is 2.06. The molecular weight excluding hydrogens is 214 g/mol. The predicted octanol–water partition coefficient (Wildman–Crippen LogP) is 2.21. The SMILES string of the molecule is CNC(CCc1nccn1C)c1occc1C. The van der Waals surface area contributed by atoms with Gasteiger partial charge in [-0.1, -0.05) is 0 Å². The van der Waals surface area contributed by atoms with Gasteiger partial charge in [0.1, 0.15) is 11.6 Å². The number of aryl methyl sites for hydroxylation is 3. The lowest BCUT2D eigenvalue weighted by molar-refractivity contribution is 0.409. The van der Waals surface area contributed by atoms with Gasteiger partial charge in [0.2, 0.25) is 0 Å². The Morgan fingerprint density at radius 3 is 2.88 bits per heavy atom. The summed E-state index contributed by atoms with van der Waals surface area (Å²) in [6.07, 6.45) is 7.48. The quantitative estimate of drug-likeness (QED) is 0.861. The van der Waals surface area contributed by atoms with Crippen molar-refractivity contribution >= 4 is 0 Å². The monoisotopic (exact) mass is 233 g/mol. The molecule has 2 aromatic rings. The molecule has 2 heterocycles. The molecule has 0 aliphatic heterocycles. The minimum Gasteiger partial charge on any atom is -0.467 e. The van der Waals surface area contributed by atoms with Gasteiger partial charge in [0.25, 0.3) is 0 Å². The Morgan fingerprint density at radius 2 is 2.35 bits per heavy atom. The van der Waals surface area contributed by atoms with Gasteiger partial charge in [-0.05, 0) is 32.0 Å². The first-order valence-corrected chi connectivity index (χ1v) is 5.90. The number of hydrogen-bond acceptors (Lipinski definition) is 3. The van der Waals surface area contributed by atoms with Crippen LogP contribution >= 0.6 is 0 Å². The molecule has 92 valence electrons. The molecule has 2 rings (SSSR count). The molecule has 0 radical (unpaired) electrons. The Morgan fingerprint density at radius 1 is 1.53 bits per heavy atom. The summed E-state index contributed by atoms with van der Waals surface area (Å²) in [6.45, 7) is 2.07. The van der Waals surface area contributed by atoms with Crippen LogP contribution in [0.25, 0.3) is 0 Å². The number of aromatic nitrogens is 2. The van der Waals surface area contributed by atoms with E-state index in [2.05, 4.69) is 21.8 Å². The van der Waals surface area contributed by atoms with Crippen molar-refractivity contribution in [1.29, 1.82) is 0 Å². The van der Waals surface area contributed by atoms with Gasteiger partial charge in [0, 0.05) is 25.9 Å². The Labute approximate surface area is 102 Å². The van der Waals surface area contributed by atoms with Crippen LogP contribution in [-0.2, 0) is 13.5 Å². The van der Waals surface area contributed by atoms with Crippen molar-refractivity contribution in [1.82, 2.24) is 14.9 Å². The van der Waals surface area contributed by atoms with Crippen LogP contribution in [0.2, 0.25) is 0 Å². The Kier molecular flexibility index (Phi) is 3.64. The molecule has 0 amide bonds. The number of imidazole rings is 1. The molecule has 0 fully saturated rings. The van der Waals surface area contributed by atoms with Gasteiger partial charge in [-0.3, -0.25) is 0 Å². The van der Waals surface area contributed by atoms with Crippen molar-refractivity contribution in [3.05, 3.63) is 41.9 Å². The van der Waals surface area contributed by atoms with E-state index in [1.165, 1.54) is 5.56 Å². The fraction of sp³-hybridized carbons (Fsp3) is 0.462. The highest BCUT2D eigenvalue weighted by molar-refractivity contribution is 5.18. The van der Waals surface area contributed by atoms with E-state index in [-0.39, 0.29) is 6.04 Å². The third-order valence-electron chi connectivity index (χ3n) is 3.14. The summed E-state index contributed by atoms with van der Waals surface area (Å²) in [6, 6.07) is 2.25. The van der Waals surface area contributed by atoms with E-state index in [0.29, 0.717) is 0 Å². The van der Waals surface area contributed by atoms with Crippen molar-refractivity contribution < 1.29 is 4.42 Å². The van der Waals surface area contributed by atoms with Gasteiger partial charge < -0.3 is 14.3 Å². The van der Waals surface area contributed by atoms with Gasteiger partial charge in [-0.15, -0.1) is 0 Å². The molecular formula is C13H19N3O.